The average molecular weight is 408 g/mol. The fourth-order valence-electron chi connectivity index (χ4n) is 3.22. The lowest BCUT2D eigenvalue weighted by molar-refractivity contribution is -0.145. The number of rotatable bonds is 8. The van der Waals surface area contributed by atoms with E-state index < -0.39 is 18.1 Å². The number of ether oxygens (including phenoxy) is 2. The second kappa shape index (κ2) is 9.92. The number of aliphatic hydroxyl groups is 1. The van der Waals surface area contributed by atoms with Crippen LogP contribution in [0.5, 0.6) is 5.75 Å². The average Bonchev–Trinajstić information content (AvgIpc) is 2.78. The number of hydrogen-bond donors (Lipinski definition) is 2. The molecule has 2 aromatic rings. The molecule has 0 spiro atoms. The second-order valence-electron chi connectivity index (χ2n) is 6.62. The number of carbonyl (C=O) groups is 1. The molecule has 0 aromatic heterocycles. The molecule has 0 amide bonds. The Morgan fingerprint density at radius 2 is 2.29 bits per heavy atom. The fourth-order valence-corrected chi connectivity index (χ4v) is 3.37. The molecule has 5 nitrogen and oxygen atoms in total. The summed E-state index contributed by atoms with van der Waals surface area (Å²) in [5.74, 6) is 0.166. The van der Waals surface area contributed by atoms with E-state index in [2.05, 4.69) is 5.32 Å². The maximum absolute atomic E-state index is 11.5. The summed E-state index contributed by atoms with van der Waals surface area (Å²) in [6.07, 6.45) is 1.18. The lowest BCUT2D eigenvalue weighted by atomic mass is 9.88. The summed E-state index contributed by atoms with van der Waals surface area (Å²) in [5, 5.41) is 13.6. The largest absolute Gasteiger partial charge is 0.482 e. The first-order valence-corrected chi connectivity index (χ1v) is 9.68. The van der Waals surface area contributed by atoms with Gasteiger partial charge in [-0.15, -0.1) is 0 Å². The van der Waals surface area contributed by atoms with Crippen LogP contribution in [-0.4, -0.2) is 36.9 Å². The zero-order valence-corrected chi connectivity index (χ0v) is 16.4. The minimum Gasteiger partial charge on any atom is -0.482 e. The van der Waals surface area contributed by atoms with Crippen LogP contribution >= 0.6 is 11.6 Å². The highest BCUT2D eigenvalue weighted by atomic mass is 35.5. The highest BCUT2D eigenvalue weighted by Crippen LogP contribution is 2.26. The Hall–Kier alpha value is -2.08. The van der Waals surface area contributed by atoms with Crippen LogP contribution in [0, 0.1) is 0 Å². The predicted molar refractivity (Wildman–Crippen MR) is 109 cm³/mol. The molecule has 0 aliphatic heterocycles. The van der Waals surface area contributed by atoms with Crippen LogP contribution in [0.4, 0.5) is 0 Å². The van der Waals surface area contributed by atoms with Crippen LogP contribution in [0.2, 0.25) is 5.02 Å². The Bertz CT molecular complexity index is 975. The van der Waals surface area contributed by atoms with Gasteiger partial charge in [0.15, 0.2) is 6.61 Å². The molecule has 0 radical (unpaired) electrons. The van der Waals surface area contributed by atoms with Crippen molar-refractivity contribution in [1.82, 2.24) is 5.32 Å². The fraction of sp³-hybridized carbons (Fsp3) is 0.409. The molecule has 0 saturated carbocycles. The Labute approximate surface area is 176 Å². The van der Waals surface area contributed by atoms with Gasteiger partial charge in [-0.25, -0.2) is 4.79 Å². The molecule has 2 N–H and O–H groups in total. The van der Waals surface area contributed by atoms with E-state index in [1.807, 2.05) is 18.2 Å². The van der Waals surface area contributed by atoms with E-state index in [4.69, 9.17) is 26.6 Å². The molecule has 1 aliphatic rings. The van der Waals surface area contributed by atoms with Crippen LogP contribution in [-0.2, 0) is 22.4 Å². The molecule has 6 heteroatoms. The Morgan fingerprint density at radius 3 is 3.11 bits per heavy atom. The van der Waals surface area contributed by atoms with Gasteiger partial charge in [0.1, 0.15) is 5.75 Å². The molecular formula is C22H26ClNO4. The monoisotopic (exact) mass is 407 g/mol. The van der Waals surface area contributed by atoms with E-state index in [0.717, 1.165) is 18.4 Å². The molecule has 150 valence electrons. The molecule has 0 saturated heterocycles. The minimum absolute atomic E-state index is 0.0469. The third-order valence-corrected chi connectivity index (χ3v) is 4.80. The number of hydrogen-bond acceptors (Lipinski definition) is 5. The van der Waals surface area contributed by atoms with Gasteiger partial charge < -0.3 is 19.9 Å². The van der Waals surface area contributed by atoms with Crippen LogP contribution in [0.25, 0.3) is 0 Å². The molecular weight excluding hydrogens is 378 g/mol. The molecule has 0 unspecified atom stereocenters. The van der Waals surface area contributed by atoms with Gasteiger partial charge in [-0.1, -0.05) is 29.8 Å². The summed E-state index contributed by atoms with van der Waals surface area (Å²) in [4.78, 5) is 11.5. The van der Waals surface area contributed by atoms with Gasteiger partial charge >= 0.3 is 5.97 Å². The van der Waals surface area contributed by atoms with Crippen LogP contribution in [0.1, 0.15) is 41.6 Å². The number of aliphatic hydroxyl groups excluding tert-OH is 1. The van der Waals surface area contributed by atoms with Gasteiger partial charge in [-0.2, -0.15) is 0 Å². The Morgan fingerprint density at radius 1 is 1.43 bits per heavy atom. The highest BCUT2D eigenvalue weighted by Gasteiger charge is 2.20. The van der Waals surface area contributed by atoms with E-state index in [0.29, 0.717) is 18.8 Å². The number of carbonyl (C=O) groups excluding carboxylic acids is 1. The summed E-state index contributed by atoms with van der Waals surface area (Å²) in [6, 6.07) is 4.36. The number of aryl methyl sites for hydroxylation is 1. The zero-order chi connectivity index (χ0) is 23.4. The van der Waals surface area contributed by atoms with Crippen LogP contribution < -0.4 is 10.1 Å². The van der Waals surface area contributed by atoms with Gasteiger partial charge in [-0.3, -0.25) is 0 Å². The Balaban J connectivity index is 1.63. The summed E-state index contributed by atoms with van der Waals surface area (Å²) < 4.78 is 42.0. The van der Waals surface area contributed by atoms with E-state index in [9.17, 15) is 9.90 Å². The number of benzene rings is 2. The van der Waals surface area contributed by atoms with Crippen molar-refractivity contribution in [1.29, 1.82) is 0 Å². The summed E-state index contributed by atoms with van der Waals surface area (Å²) in [5.41, 5.74) is 2.24. The first kappa shape index (κ1) is 15.8. The van der Waals surface area contributed by atoms with Crippen molar-refractivity contribution in [2.45, 2.75) is 38.3 Å². The molecule has 0 heterocycles. The first-order valence-electron chi connectivity index (χ1n) is 11.3. The highest BCUT2D eigenvalue weighted by molar-refractivity contribution is 6.30. The van der Waals surface area contributed by atoms with E-state index in [1.165, 1.54) is 5.56 Å². The van der Waals surface area contributed by atoms with E-state index in [-0.39, 0.29) is 47.9 Å². The van der Waals surface area contributed by atoms with E-state index in [1.54, 1.807) is 6.92 Å². The maximum atomic E-state index is 11.5. The normalized spacial score (nSPS) is 18.9. The summed E-state index contributed by atoms with van der Waals surface area (Å²) in [6.45, 7) is 1.98. The van der Waals surface area contributed by atoms with E-state index >= 15 is 0 Å². The lowest BCUT2D eigenvalue weighted by Crippen LogP contribution is -2.37. The second-order valence-corrected chi connectivity index (χ2v) is 6.99. The van der Waals surface area contributed by atoms with Gasteiger partial charge in [-0.05, 0) is 67.1 Å². The quantitative estimate of drug-likeness (QED) is 0.656. The molecule has 3 rings (SSSR count). The van der Waals surface area contributed by atoms with Gasteiger partial charge in [0, 0.05) is 17.6 Å². The topological polar surface area (TPSA) is 67.8 Å². The smallest absolute Gasteiger partial charge is 0.344 e. The van der Waals surface area contributed by atoms with Crippen molar-refractivity contribution < 1.29 is 24.9 Å². The van der Waals surface area contributed by atoms with Crippen LogP contribution in [0.15, 0.2) is 42.4 Å². The number of esters is 1. The number of fused-ring (bicyclic) bond motifs is 1. The van der Waals surface area contributed by atoms with Crippen molar-refractivity contribution in [3.05, 3.63) is 64.1 Å². The van der Waals surface area contributed by atoms with Crippen molar-refractivity contribution in [2.75, 3.05) is 19.8 Å². The van der Waals surface area contributed by atoms with Crippen molar-refractivity contribution in [3.63, 3.8) is 0 Å². The van der Waals surface area contributed by atoms with Gasteiger partial charge in [0.2, 0.25) is 0 Å². The van der Waals surface area contributed by atoms with Crippen LogP contribution in [0.3, 0.4) is 0 Å². The molecule has 2 aromatic carbocycles. The minimum atomic E-state index is -1.20. The SMILES string of the molecule is [2H]c1c([2H])c(Cl)c([2H])c([C@@H](O)CN[C@H]2CCc3ccc(OCC(=O)OCC)cc3C2)c1[2H]. The molecule has 28 heavy (non-hydrogen) atoms. The first-order chi connectivity index (χ1) is 15.2. The van der Waals surface area contributed by atoms with Crippen molar-refractivity contribution in [2.24, 2.45) is 0 Å². The number of nitrogens with one attached hydrogen (secondary N) is 1. The van der Waals surface area contributed by atoms with Gasteiger partial charge in [0.05, 0.1) is 18.2 Å². The molecule has 2 atom stereocenters. The summed E-state index contributed by atoms with van der Waals surface area (Å²) in [7, 11) is 0. The van der Waals surface area contributed by atoms with Gasteiger partial charge in [0.25, 0.3) is 0 Å². The lowest BCUT2D eigenvalue weighted by Gasteiger charge is -2.27. The maximum Gasteiger partial charge on any atom is 0.344 e. The molecule has 1 aliphatic carbocycles. The predicted octanol–water partition coefficient (Wildman–Crippen LogP) is 3.46. The standard InChI is InChI=1S/C22H26ClNO4/c1-2-27-22(26)14-28-20-9-7-15-6-8-19(11-17(15)12-20)24-13-21(25)16-4-3-5-18(23)10-16/h3-5,7,9-10,12,19,21,24-25H,2,6,8,11,13-14H2,1H3/t19-,21-/m0/s1/i3D,4D,5D,10D. The zero-order valence-electron chi connectivity index (χ0n) is 19.7. The van der Waals surface area contributed by atoms with Crippen molar-refractivity contribution in [3.8, 4) is 5.75 Å². The molecule has 0 fully saturated rings. The molecule has 0 bridgehead atoms. The summed E-state index contributed by atoms with van der Waals surface area (Å²) >= 11 is 5.94. The van der Waals surface area contributed by atoms with Crippen molar-refractivity contribution >= 4 is 17.6 Å². The third-order valence-electron chi connectivity index (χ3n) is 4.62. The number of halogens is 1. The third kappa shape index (κ3) is 5.71. The Kier molecular flexibility index (Phi) is 5.59.